The maximum atomic E-state index is 16.5. The van der Waals surface area contributed by atoms with Gasteiger partial charge in [0.2, 0.25) is 0 Å². The number of pyridine rings is 4. The van der Waals surface area contributed by atoms with Crippen LogP contribution in [-0.2, 0) is 6.18 Å². The Labute approximate surface area is 527 Å². The summed E-state index contributed by atoms with van der Waals surface area (Å²) in [6.45, 7) is 0. The molecule has 434 valence electrons. The number of fused-ring (bicyclic) bond motifs is 6. The molecule has 0 bridgehead atoms. The van der Waals surface area contributed by atoms with E-state index in [0.29, 0.717) is 16.7 Å². The second-order valence-electron chi connectivity index (χ2n) is 22.9. The third-order valence-electron chi connectivity index (χ3n) is 17.4. The first-order valence-corrected chi connectivity index (χ1v) is 30.2. The predicted octanol–water partition coefficient (Wildman–Crippen LogP) is 21.4. The fraction of sp³-hybridized carbons (Fsp3) is 0.0122. The molecular formula is C82H50F3N7. The van der Waals surface area contributed by atoms with Crippen molar-refractivity contribution in [3.05, 3.63) is 315 Å². The number of nitriles is 1. The summed E-state index contributed by atoms with van der Waals surface area (Å²) in [5.74, 6) is 0. The van der Waals surface area contributed by atoms with Crippen LogP contribution < -0.4 is 0 Å². The van der Waals surface area contributed by atoms with E-state index >= 15 is 13.2 Å². The number of hydrogen-bond acceptors (Lipinski definition) is 5. The molecule has 0 N–H and O–H groups in total. The first-order valence-electron chi connectivity index (χ1n) is 30.2. The Hall–Kier alpha value is -12.3. The van der Waals surface area contributed by atoms with Gasteiger partial charge in [0.15, 0.2) is 0 Å². The minimum Gasteiger partial charge on any atom is -0.307 e. The lowest BCUT2D eigenvalue weighted by Gasteiger charge is -2.22. The number of halogens is 3. The van der Waals surface area contributed by atoms with Crippen LogP contribution in [0.3, 0.4) is 0 Å². The van der Waals surface area contributed by atoms with E-state index in [1.54, 1.807) is 24.3 Å². The van der Waals surface area contributed by atoms with Gasteiger partial charge in [-0.1, -0.05) is 182 Å². The van der Waals surface area contributed by atoms with E-state index in [0.717, 1.165) is 122 Å². The van der Waals surface area contributed by atoms with E-state index in [1.807, 2.05) is 199 Å². The predicted molar refractivity (Wildman–Crippen MR) is 365 cm³/mol. The van der Waals surface area contributed by atoms with Crippen LogP contribution in [0.15, 0.2) is 304 Å². The van der Waals surface area contributed by atoms with Crippen molar-refractivity contribution in [2.24, 2.45) is 0 Å². The van der Waals surface area contributed by atoms with Crippen LogP contribution >= 0.6 is 0 Å². The van der Waals surface area contributed by atoms with E-state index < -0.39 is 11.7 Å². The molecule has 92 heavy (non-hydrogen) atoms. The lowest BCUT2D eigenvalue weighted by Crippen LogP contribution is -2.12. The van der Waals surface area contributed by atoms with Crippen LogP contribution in [0.5, 0.6) is 0 Å². The fourth-order valence-electron chi connectivity index (χ4n) is 12.8. The Bertz CT molecular complexity index is 5230. The molecule has 7 nitrogen and oxygen atoms in total. The van der Waals surface area contributed by atoms with Gasteiger partial charge in [-0.2, -0.15) is 18.4 Å². The third kappa shape index (κ3) is 10.0. The molecule has 10 heteroatoms. The third-order valence-corrected chi connectivity index (χ3v) is 17.4. The number of rotatable bonds is 11. The van der Waals surface area contributed by atoms with Gasteiger partial charge in [0, 0.05) is 90.8 Å². The second-order valence-corrected chi connectivity index (χ2v) is 22.9. The monoisotopic (exact) mass is 1190 g/mol. The highest BCUT2D eigenvalue weighted by Gasteiger charge is 2.36. The summed E-state index contributed by atoms with van der Waals surface area (Å²) >= 11 is 0. The van der Waals surface area contributed by atoms with Crippen molar-refractivity contribution in [3.8, 4) is 118 Å². The van der Waals surface area contributed by atoms with Gasteiger partial charge in [0.05, 0.1) is 73.4 Å². The Morgan fingerprint density at radius 3 is 0.880 bits per heavy atom. The highest BCUT2D eigenvalue weighted by atomic mass is 19.4. The Balaban J connectivity index is 0.954. The molecule has 0 aliphatic heterocycles. The molecule has 16 aromatic rings. The minimum atomic E-state index is -4.85. The zero-order chi connectivity index (χ0) is 61.9. The molecular weight excluding hydrogens is 1140 g/mol. The van der Waals surface area contributed by atoms with Crippen LogP contribution in [0.1, 0.15) is 11.1 Å². The summed E-state index contributed by atoms with van der Waals surface area (Å²) in [4.78, 5) is 19.6. The van der Waals surface area contributed by atoms with Crippen LogP contribution in [0.4, 0.5) is 13.2 Å². The van der Waals surface area contributed by atoms with Gasteiger partial charge in [-0.3, -0.25) is 19.9 Å². The molecule has 16 rings (SSSR count). The molecule has 10 aromatic carbocycles. The van der Waals surface area contributed by atoms with Crippen LogP contribution in [0.25, 0.3) is 156 Å². The van der Waals surface area contributed by atoms with Crippen molar-refractivity contribution in [1.29, 1.82) is 5.26 Å². The zero-order valence-electron chi connectivity index (χ0n) is 49.1. The van der Waals surface area contributed by atoms with E-state index in [1.165, 1.54) is 12.1 Å². The van der Waals surface area contributed by atoms with E-state index in [-0.39, 0.29) is 22.4 Å². The normalized spacial score (nSPS) is 11.6. The highest BCUT2D eigenvalue weighted by molar-refractivity contribution is 6.14. The molecule has 0 saturated carbocycles. The molecule has 0 saturated heterocycles. The van der Waals surface area contributed by atoms with Crippen molar-refractivity contribution in [1.82, 2.24) is 29.1 Å². The molecule has 0 unspecified atom stereocenters. The summed E-state index contributed by atoms with van der Waals surface area (Å²) in [6.07, 6.45) is 2.66. The van der Waals surface area contributed by atoms with E-state index in [2.05, 4.69) is 83.4 Å². The van der Waals surface area contributed by atoms with Crippen LogP contribution in [0.2, 0.25) is 0 Å². The molecule has 0 atom stereocenters. The van der Waals surface area contributed by atoms with Gasteiger partial charge in [-0.25, -0.2) is 0 Å². The van der Waals surface area contributed by atoms with Crippen molar-refractivity contribution < 1.29 is 13.2 Å². The summed E-state index contributed by atoms with van der Waals surface area (Å²) in [7, 11) is 0. The van der Waals surface area contributed by atoms with Gasteiger partial charge < -0.3 is 9.13 Å². The summed E-state index contributed by atoms with van der Waals surface area (Å²) in [5, 5.41) is 13.6. The molecule has 0 aliphatic rings. The number of nitrogens with zero attached hydrogens (tertiary/aromatic N) is 7. The Morgan fingerprint density at radius 2 is 0.587 bits per heavy atom. The highest BCUT2D eigenvalue weighted by Crippen LogP contribution is 2.47. The molecule has 0 spiro atoms. The fourth-order valence-corrected chi connectivity index (χ4v) is 12.8. The topological polar surface area (TPSA) is 85.2 Å². The van der Waals surface area contributed by atoms with Crippen LogP contribution in [0, 0.1) is 11.3 Å². The lowest BCUT2D eigenvalue weighted by molar-refractivity contribution is -0.137. The SMILES string of the molecule is N#Cc1cccc(-c2cc(-n3c4ccc(-c5ccc(-c6ccccc6)nc5)cc4c4cc(-c5ccc(-c6ccccc6)nc5)ccc43)c(-n3c4ccc(-c5ccc(-c6ccccc6)nc5)cc4c4cc(-c5ccc(-c6ccccc6)nc5)ccc43)cc2C(F)(F)F)c1. The van der Waals surface area contributed by atoms with Gasteiger partial charge in [0.25, 0.3) is 0 Å². The lowest BCUT2D eigenvalue weighted by atomic mass is 9.95. The van der Waals surface area contributed by atoms with E-state index in [9.17, 15) is 5.26 Å². The van der Waals surface area contributed by atoms with E-state index in [4.69, 9.17) is 19.9 Å². The largest absolute Gasteiger partial charge is 0.417 e. The first-order chi connectivity index (χ1) is 45.2. The second kappa shape index (κ2) is 22.7. The maximum absolute atomic E-state index is 16.5. The molecule has 6 aromatic heterocycles. The average molecular weight is 1190 g/mol. The first kappa shape index (κ1) is 55.0. The maximum Gasteiger partial charge on any atom is 0.417 e. The van der Waals surface area contributed by atoms with Crippen molar-refractivity contribution in [2.75, 3.05) is 0 Å². The number of benzene rings is 10. The molecule has 6 heterocycles. The molecule has 0 amide bonds. The van der Waals surface area contributed by atoms with Gasteiger partial charge in [0.1, 0.15) is 0 Å². The summed E-state index contributed by atoms with van der Waals surface area (Å²) in [6, 6.07) is 92.8. The standard InChI is InChI=1S/C82H50F3N7/c83-82(84,85)71-46-81(92-78-38-30-59(64-26-34-74(89-50-64)55-19-9-3-10-20-55)43-69(78)70-44-60(31-39-79(70)92)65-27-35-75(90-51-65)56-21-11-4-12-22-56)80(45-66(71)61-23-13-14-52(40-61)47-86)91-76-36-28-57(62-24-32-72(87-48-62)53-15-5-1-6-16-53)41-67(76)68-42-58(29-37-77(68)91)63-25-33-73(88-49-63)54-17-7-2-8-18-54/h1-46,48-51H. The summed E-state index contributed by atoms with van der Waals surface area (Å²) in [5.41, 5.74) is 17.7. The quantitative estimate of drug-likeness (QED) is 0.129. The van der Waals surface area contributed by atoms with Gasteiger partial charge in [-0.05, 0) is 130 Å². The van der Waals surface area contributed by atoms with Gasteiger partial charge >= 0.3 is 6.18 Å². The molecule has 0 radical (unpaired) electrons. The number of hydrogen-bond donors (Lipinski definition) is 0. The average Bonchev–Trinajstić information content (AvgIpc) is 1.58. The molecule has 0 aliphatic carbocycles. The van der Waals surface area contributed by atoms with Crippen molar-refractivity contribution in [3.63, 3.8) is 0 Å². The van der Waals surface area contributed by atoms with Crippen molar-refractivity contribution >= 4 is 43.6 Å². The summed E-state index contributed by atoms with van der Waals surface area (Å²) < 4.78 is 53.4. The zero-order valence-corrected chi connectivity index (χ0v) is 49.1. The smallest absolute Gasteiger partial charge is 0.307 e. The van der Waals surface area contributed by atoms with Crippen LogP contribution in [-0.4, -0.2) is 29.1 Å². The van der Waals surface area contributed by atoms with Gasteiger partial charge in [-0.15, -0.1) is 0 Å². The number of aromatic nitrogens is 6. The number of alkyl halides is 3. The molecule has 0 fully saturated rings. The Kier molecular flexibility index (Phi) is 13.6. The Morgan fingerprint density at radius 1 is 0.283 bits per heavy atom. The van der Waals surface area contributed by atoms with Crippen molar-refractivity contribution in [2.45, 2.75) is 6.18 Å². The minimum absolute atomic E-state index is 0.0750.